The minimum absolute atomic E-state index is 0.182. The van der Waals surface area contributed by atoms with Gasteiger partial charge in [-0.05, 0) is 49.6 Å². The number of hydrogen-bond donors (Lipinski definition) is 1. The minimum atomic E-state index is -0.182. The van der Waals surface area contributed by atoms with Gasteiger partial charge in [0, 0.05) is 10.6 Å². The zero-order valence-electron chi connectivity index (χ0n) is 12.1. The van der Waals surface area contributed by atoms with Crippen LogP contribution < -0.4 is 5.32 Å². The van der Waals surface area contributed by atoms with Gasteiger partial charge in [0.15, 0.2) is 0 Å². The van der Waals surface area contributed by atoms with E-state index < -0.39 is 0 Å². The lowest BCUT2D eigenvalue weighted by Crippen LogP contribution is -2.14. The van der Waals surface area contributed by atoms with Gasteiger partial charge in [-0.25, -0.2) is 4.99 Å². The number of nitrogens with zero attached hydrogens (tertiary/aromatic N) is 1. The number of rotatable bonds is 1. The maximum atomic E-state index is 12.2. The highest BCUT2D eigenvalue weighted by Crippen LogP contribution is 2.34. The average molecular weight is 299 g/mol. The van der Waals surface area contributed by atoms with E-state index in [0.717, 1.165) is 33.6 Å². The van der Waals surface area contributed by atoms with Crippen LogP contribution in [0, 0.1) is 20.8 Å². The molecule has 3 rings (SSSR count). The third kappa shape index (κ3) is 2.24. The Balaban J connectivity index is 2.20. The van der Waals surface area contributed by atoms with Crippen molar-refractivity contribution in [3.63, 3.8) is 0 Å². The lowest BCUT2D eigenvalue weighted by atomic mass is 10.1. The first-order chi connectivity index (χ1) is 9.99. The Labute approximate surface area is 128 Å². The zero-order chi connectivity index (χ0) is 15.1. The van der Waals surface area contributed by atoms with Crippen molar-refractivity contribution in [3.8, 4) is 0 Å². The number of benzene rings is 2. The van der Waals surface area contributed by atoms with Gasteiger partial charge in [0.25, 0.3) is 5.91 Å². The monoisotopic (exact) mass is 298 g/mol. The Hall–Kier alpha value is -2.13. The summed E-state index contributed by atoms with van der Waals surface area (Å²) in [5, 5.41) is 3.50. The van der Waals surface area contributed by atoms with E-state index in [2.05, 4.69) is 10.3 Å². The van der Waals surface area contributed by atoms with Gasteiger partial charge >= 0.3 is 0 Å². The molecule has 2 aromatic carbocycles. The summed E-state index contributed by atoms with van der Waals surface area (Å²) in [7, 11) is 0. The van der Waals surface area contributed by atoms with Gasteiger partial charge in [-0.2, -0.15) is 0 Å². The summed E-state index contributed by atoms with van der Waals surface area (Å²) in [6.45, 7) is 5.88. The van der Waals surface area contributed by atoms with Crippen molar-refractivity contribution in [2.24, 2.45) is 4.99 Å². The molecule has 1 aliphatic heterocycles. The molecule has 0 atom stereocenters. The molecule has 0 bridgehead atoms. The summed E-state index contributed by atoms with van der Waals surface area (Å²) >= 11 is 6.11. The van der Waals surface area contributed by atoms with Crippen molar-refractivity contribution >= 4 is 34.6 Å². The van der Waals surface area contributed by atoms with Gasteiger partial charge in [-0.3, -0.25) is 4.79 Å². The maximum absolute atomic E-state index is 12.2. The van der Waals surface area contributed by atoms with E-state index >= 15 is 0 Å². The predicted octanol–water partition coefficient (Wildman–Crippen LogP) is 4.34. The SMILES string of the molecule is Cc1cccc(C)c1N=C1C(=O)Nc2c1ccc(Cl)c2C. The highest BCUT2D eigenvalue weighted by atomic mass is 35.5. The maximum Gasteiger partial charge on any atom is 0.275 e. The number of halogens is 1. The van der Waals surface area contributed by atoms with E-state index in [9.17, 15) is 4.79 Å². The molecule has 0 saturated carbocycles. The molecule has 0 aromatic heterocycles. The molecule has 4 heteroatoms. The van der Waals surface area contributed by atoms with Crippen molar-refractivity contribution in [3.05, 3.63) is 57.6 Å². The van der Waals surface area contributed by atoms with Crippen molar-refractivity contribution in [2.45, 2.75) is 20.8 Å². The van der Waals surface area contributed by atoms with Crippen LogP contribution in [0.25, 0.3) is 0 Å². The molecule has 1 aliphatic rings. The van der Waals surface area contributed by atoms with Crippen LogP contribution in [0.5, 0.6) is 0 Å². The molecule has 0 spiro atoms. The van der Waals surface area contributed by atoms with Crippen molar-refractivity contribution in [2.75, 3.05) is 5.32 Å². The fourth-order valence-electron chi connectivity index (χ4n) is 2.54. The van der Waals surface area contributed by atoms with Crippen LogP contribution in [-0.4, -0.2) is 11.6 Å². The summed E-state index contributed by atoms with van der Waals surface area (Å²) in [5.74, 6) is -0.182. The van der Waals surface area contributed by atoms with Gasteiger partial charge in [-0.1, -0.05) is 29.8 Å². The van der Waals surface area contributed by atoms with Crippen LogP contribution in [0.1, 0.15) is 22.3 Å². The second-order valence-electron chi connectivity index (χ2n) is 5.25. The van der Waals surface area contributed by atoms with E-state index in [1.807, 2.05) is 45.0 Å². The van der Waals surface area contributed by atoms with E-state index in [-0.39, 0.29) is 5.91 Å². The van der Waals surface area contributed by atoms with Crippen LogP contribution >= 0.6 is 11.6 Å². The minimum Gasteiger partial charge on any atom is -0.320 e. The molecular weight excluding hydrogens is 284 g/mol. The summed E-state index contributed by atoms with van der Waals surface area (Å²) in [5.41, 5.74) is 5.84. The smallest absolute Gasteiger partial charge is 0.275 e. The number of aryl methyl sites for hydroxylation is 2. The molecular formula is C17H15ClN2O. The van der Waals surface area contributed by atoms with E-state index in [4.69, 9.17) is 11.6 Å². The molecule has 0 aliphatic carbocycles. The number of fused-ring (bicyclic) bond motifs is 1. The Morgan fingerprint density at radius 3 is 2.38 bits per heavy atom. The summed E-state index contributed by atoms with van der Waals surface area (Å²) in [6, 6.07) is 9.62. The first-order valence-corrected chi connectivity index (χ1v) is 7.12. The molecule has 0 radical (unpaired) electrons. The number of hydrogen-bond acceptors (Lipinski definition) is 2. The summed E-state index contributed by atoms with van der Waals surface area (Å²) in [4.78, 5) is 16.8. The Kier molecular flexibility index (Phi) is 3.30. The van der Waals surface area contributed by atoms with Gasteiger partial charge in [-0.15, -0.1) is 0 Å². The number of carbonyl (C=O) groups is 1. The molecule has 1 N–H and O–H groups in total. The van der Waals surface area contributed by atoms with Crippen molar-refractivity contribution in [1.29, 1.82) is 0 Å². The molecule has 106 valence electrons. The molecule has 2 aromatic rings. The highest BCUT2D eigenvalue weighted by molar-refractivity contribution is 6.54. The number of amides is 1. The lowest BCUT2D eigenvalue weighted by molar-refractivity contribution is -0.110. The normalized spacial score (nSPS) is 15.2. The van der Waals surface area contributed by atoms with Crippen molar-refractivity contribution in [1.82, 2.24) is 0 Å². The fraction of sp³-hybridized carbons (Fsp3) is 0.176. The average Bonchev–Trinajstić information content (AvgIpc) is 2.76. The van der Waals surface area contributed by atoms with E-state index in [1.165, 1.54) is 0 Å². The number of aliphatic imine (C=N–C) groups is 1. The summed E-state index contributed by atoms with van der Waals surface area (Å²) in [6.07, 6.45) is 0. The second-order valence-corrected chi connectivity index (χ2v) is 5.66. The van der Waals surface area contributed by atoms with Crippen LogP contribution in [0.4, 0.5) is 11.4 Å². The fourth-order valence-corrected chi connectivity index (χ4v) is 2.70. The quantitative estimate of drug-likeness (QED) is 0.836. The topological polar surface area (TPSA) is 41.5 Å². The van der Waals surface area contributed by atoms with Crippen molar-refractivity contribution < 1.29 is 4.79 Å². The molecule has 0 fully saturated rings. The predicted molar refractivity (Wildman–Crippen MR) is 86.9 cm³/mol. The Morgan fingerprint density at radius 2 is 1.71 bits per heavy atom. The molecule has 1 heterocycles. The first kappa shape index (κ1) is 13.8. The van der Waals surface area contributed by atoms with E-state index in [0.29, 0.717) is 10.7 Å². The van der Waals surface area contributed by atoms with E-state index in [1.54, 1.807) is 6.07 Å². The molecule has 0 unspecified atom stereocenters. The number of nitrogens with one attached hydrogen (secondary N) is 1. The Bertz CT molecular complexity index is 773. The van der Waals surface area contributed by atoms with Crippen LogP contribution in [0.15, 0.2) is 35.3 Å². The van der Waals surface area contributed by atoms with Crippen LogP contribution in [-0.2, 0) is 4.79 Å². The van der Waals surface area contributed by atoms with Gasteiger partial charge in [0.05, 0.1) is 11.4 Å². The number of anilines is 1. The lowest BCUT2D eigenvalue weighted by Gasteiger charge is -2.06. The van der Waals surface area contributed by atoms with Gasteiger partial charge < -0.3 is 5.32 Å². The molecule has 0 saturated heterocycles. The Morgan fingerprint density at radius 1 is 1.05 bits per heavy atom. The largest absolute Gasteiger partial charge is 0.320 e. The molecule has 3 nitrogen and oxygen atoms in total. The first-order valence-electron chi connectivity index (χ1n) is 6.75. The van der Waals surface area contributed by atoms with Crippen LogP contribution in [0.3, 0.4) is 0 Å². The number of para-hydroxylation sites is 1. The van der Waals surface area contributed by atoms with Gasteiger partial charge in [0.1, 0.15) is 5.71 Å². The standard InChI is InChI=1S/C17H15ClN2O/c1-9-5-4-6-10(2)14(9)19-16-12-7-8-13(18)11(3)15(12)20-17(16)21/h4-8H,1-3H3,(H,19,20,21). The third-order valence-electron chi connectivity index (χ3n) is 3.77. The molecule has 1 amide bonds. The zero-order valence-corrected chi connectivity index (χ0v) is 12.9. The van der Waals surface area contributed by atoms with Crippen LogP contribution in [0.2, 0.25) is 5.02 Å². The van der Waals surface area contributed by atoms with Gasteiger partial charge in [0.2, 0.25) is 0 Å². The summed E-state index contributed by atoms with van der Waals surface area (Å²) < 4.78 is 0. The highest BCUT2D eigenvalue weighted by Gasteiger charge is 2.28. The number of carbonyl (C=O) groups excluding carboxylic acids is 1. The third-order valence-corrected chi connectivity index (χ3v) is 4.18. The second kappa shape index (κ2) is 5.01. The molecule has 21 heavy (non-hydrogen) atoms.